The maximum Gasteiger partial charge on any atom is 0.260 e. The molecule has 0 fully saturated rings. The number of primary amides is 1. The molecule has 0 bridgehead atoms. The molecule has 0 aromatic heterocycles. The summed E-state index contributed by atoms with van der Waals surface area (Å²) in [6.07, 6.45) is 4.56. The van der Waals surface area contributed by atoms with Crippen LogP contribution >= 0.6 is 0 Å². The van der Waals surface area contributed by atoms with Crippen molar-refractivity contribution < 1.29 is 19.4 Å². The molecular weight excluding hydrogens is 310 g/mol. The summed E-state index contributed by atoms with van der Waals surface area (Å²) in [6, 6.07) is 3.09. The van der Waals surface area contributed by atoms with Crippen LogP contribution in [0.1, 0.15) is 22.3 Å². The number of rotatable bonds is 3. The standard InChI is InChI=1S/C17H19N3O4/c1-9-3-5-11-14(15(9)22)19-16(24-2)12-7-10(4-6-13(18)21)8-20(12)17(11)23/h3-6,8,12,16,19,22H,7H2,1-2H3,(H2,18,21)/t12-,16+/m0/s1. The number of amides is 2. The number of anilines is 1. The van der Waals surface area contributed by atoms with Gasteiger partial charge in [0.1, 0.15) is 12.0 Å². The number of phenols is 1. The van der Waals surface area contributed by atoms with Gasteiger partial charge in [-0.2, -0.15) is 0 Å². The van der Waals surface area contributed by atoms with E-state index in [0.29, 0.717) is 23.2 Å². The van der Waals surface area contributed by atoms with Gasteiger partial charge in [-0.3, -0.25) is 9.59 Å². The van der Waals surface area contributed by atoms with Crippen LogP contribution in [0.15, 0.2) is 36.1 Å². The smallest absolute Gasteiger partial charge is 0.260 e. The molecular formula is C17H19N3O4. The number of allylic oxidation sites excluding steroid dienone is 1. The Kier molecular flexibility index (Phi) is 4.02. The molecule has 0 spiro atoms. The van der Waals surface area contributed by atoms with Crippen LogP contribution in [0.25, 0.3) is 0 Å². The molecule has 0 saturated heterocycles. The molecule has 3 rings (SSSR count). The number of aryl methyl sites for hydroxylation is 1. The van der Waals surface area contributed by atoms with Crippen LogP contribution in [0.5, 0.6) is 5.75 Å². The van der Waals surface area contributed by atoms with Gasteiger partial charge in [-0.05, 0) is 30.5 Å². The summed E-state index contributed by atoms with van der Waals surface area (Å²) in [4.78, 5) is 25.4. The molecule has 2 aliphatic heterocycles. The van der Waals surface area contributed by atoms with Crippen molar-refractivity contribution in [3.8, 4) is 5.75 Å². The van der Waals surface area contributed by atoms with E-state index in [2.05, 4.69) is 5.32 Å². The minimum Gasteiger partial charge on any atom is -0.505 e. The monoisotopic (exact) mass is 329 g/mol. The van der Waals surface area contributed by atoms with Crippen molar-refractivity contribution in [2.45, 2.75) is 25.6 Å². The second kappa shape index (κ2) is 6.01. The largest absolute Gasteiger partial charge is 0.505 e. The maximum atomic E-state index is 12.9. The summed E-state index contributed by atoms with van der Waals surface area (Å²) in [5.41, 5.74) is 7.35. The highest BCUT2D eigenvalue weighted by atomic mass is 16.5. The van der Waals surface area contributed by atoms with Gasteiger partial charge in [0, 0.05) is 19.4 Å². The minimum absolute atomic E-state index is 0.0434. The number of hydrogen-bond donors (Lipinski definition) is 3. The van der Waals surface area contributed by atoms with Crippen molar-refractivity contribution in [2.75, 3.05) is 12.4 Å². The number of aromatic hydroxyl groups is 1. The van der Waals surface area contributed by atoms with E-state index in [1.54, 1.807) is 36.2 Å². The zero-order valence-corrected chi connectivity index (χ0v) is 13.4. The predicted molar refractivity (Wildman–Crippen MR) is 88.3 cm³/mol. The number of carbonyl (C=O) groups excluding carboxylic acids is 2. The van der Waals surface area contributed by atoms with Gasteiger partial charge in [-0.15, -0.1) is 0 Å². The van der Waals surface area contributed by atoms with Crippen LogP contribution in [0.4, 0.5) is 5.69 Å². The number of fused-ring (bicyclic) bond motifs is 2. The Hall–Kier alpha value is -2.80. The first-order valence-electron chi connectivity index (χ1n) is 7.55. The molecule has 0 aliphatic carbocycles. The number of phenolic OH excluding ortho intramolecular Hbond substituents is 1. The molecule has 126 valence electrons. The highest BCUT2D eigenvalue weighted by molar-refractivity contribution is 6.03. The zero-order valence-electron chi connectivity index (χ0n) is 13.4. The molecule has 1 aromatic rings. The van der Waals surface area contributed by atoms with E-state index < -0.39 is 12.1 Å². The lowest BCUT2D eigenvalue weighted by atomic mass is 10.1. The fourth-order valence-corrected chi connectivity index (χ4v) is 3.04. The molecule has 0 radical (unpaired) electrons. The van der Waals surface area contributed by atoms with E-state index in [1.807, 2.05) is 0 Å². The number of methoxy groups -OCH3 is 1. The zero-order chi connectivity index (χ0) is 17.4. The number of carbonyl (C=O) groups is 2. The number of nitrogens with one attached hydrogen (secondary N) is 1. The first-order chi connectivity index (χ1) is 11.4. The molecule has 4 N–H and O–H groups in total. The van der Waals surface area contributed by atoms with Crippen LogP contribution in [0, 0.1) is 6.92 Å². The number of nitrogens with zero attached hydrogens (tertiary/aromatic N) is 1. The average molecular weight is 329 g/mol. The van der Waals surface area contributed by atoms with E-state index in [9.17, 15) is 14.7 Å². The van der Waals surface area contributed by atoms with Crippen molar-refractivity contribution >= 4 is 17.5 Å². The molecule has 2 atom stereocenters. The van der Waals surface area contributed by atoms with Crippen LogP contribution in [0.3, 0.4) is 0 Å². The first-order valence-corrected chi connectivity index (χ1v) is 7.55. The molecule has 24 heavy (non-hydrogen) atoms. The third-order valence-electron chi connectivity index (χ3n) is 4.30. The lowest BCUT2D eigenvalue weighted by molar-refractivity contribution is -0.113. The van der Waals surface area contributed by atoms with Gasteiger partial charge in [-0.25, -0.2) is 0 Å². The summed E-state index contributed by atoms with van der Waals surface area (Å²) in [5, 5.41) is 13.4. The lowest BCUT2D eigenvalue weighted by Gasteiger charge is -2.27. The van der Waals surface area contributed by atoms with Crippen molar-refractivity contribution in [1.82, 2.24) is 4.90 Å². The average Bonchev–Trinajstić information content (AvgIpc) is 2.93. The normalized spacial score (nSPS) is 22.7. The molecule has 7 nitrogen and oxygen atoms in total. The molecule has 2 heterocycles. The molecule has 0 unspecified atom stereocenters. The Balaban J connectivity index is 2.04. The Labute approximate surface area is 139 Å². The first kappa shape index (κ1) is 16.1. The van der Waals surface area contributed by atoms with Gasteiger partial charge in [0.15, 0.2) is 0 Å². The third kappa shape index (κ3) is 2.63. The lowest BCUT2D eigenvalue weighted by Crippen LogP contribution is -2.43. The van der Waals surface area contributed by atoms with E-state index >= 15 is 0 Å². The fraction of sp³-hybridized carbons (Fsp3) is 0.294. The van der Waals surface area contributed by atoms with Crippen LogP contribution in [-0.4, -0.2) is 41.2 Å². The van der Waals surface area contributed by atoms with Crippen LogP contribution in [-0.2, 0) is 9.53 Å². The summed E-state index contributed by atoms with van der Waals surface area (Å²) in [6.45, 7) is 1.77. The number of nitrogens with two attached hydrogens (primary N) is 1. The fourth-order valence-electron chi connectivity index (χ4n) is 3.04. The molecule has 7 heteroatoms. The Morgan fingerprint density at radius 2 is 2.25 bits per heavy atom. The van der Waals surface area contributed by atoms with Crippen molar-refractivity contribution in [2.24, 2.45) is 5.73 Å². The molecule has 2 amide bonds. The highest BCUT2D eigenvalue weighted by Gasteiger charge is 2.40. The van der Waals surface area contributed by atoms with Gasteiger partial charge < -0.3 is 25.8 Å². The Bertz CT molecular complexity index is 769. The summed E-state index contributed by atoms with van der Waals surface area (Å²) in [5.74, 6) is -0.738. The SMILES string of the molecule is CO[C@H]1Nc2c(ccc(C)c2O)C(=O)N2C=C(C=CC(N)=O)C[C@@H]12. The van der Waals surface area contributed by atoms with E-state index in [-0.39, 0.29) is 17.7 Å². The Morgan fingerprint density at radius 3 is 2.92 bits per heavy atom. The van der Waals surface area contributed by atoms with Gasteiger partial charge >= 0.3 is 0 Å². The highest BCUT2D eigenvalue weighted by Crippen LogP contribution is 2.38. The number of benzene rings is 1. The topological polar surface area (TPSA) is 105 Å². The van der Waals surface area contributed by atoms with Crippen LogP contribution < -0.4 is 11.1 Å². The number of ether oxygens (including phenoxy) is 1. The quantitative estimate of drug-likeness (QED) is 0.571. The van der Waals surface area contributed by atoms with Gasteiger partial charge in [0.2, 0.25) is 5.91 Å². The molecule has 0 saturated carbocycles. The van der Waals surface area contributed by atoms with Gasteiger partial charge in [0.05, 0.1) is 17.3 Å². The summed E-state index contributed by atoms with van der Waals surface area (Å²) >= 11 is 0. The van der Waals surface area contributed by atoms with E-state index in [4.69, 9.17) is 10.5 Å². The van der Waals surface area contributed by atoms with E-state index in [1.165, 1.54) is 13.2 Å². The molecule has 2 aliphatic rings. The maximum absolute atomic E-state index is 12.9. The summed E-state index contributed by atoms with van der Waals surface area (Å²) in [7, 11) is 1.54. The third-order valence-corrected chi connectivity index (χ3v) is 4.30. The van der Waals surface area contributed by atoms with Gasteiger partial charge in [-0.1, -0.05) is 12.1 Å². The number of hydrogen-bond acceptors (Lipinski definition) is 5. The van der Waals surface area contributed by atoms with E-state index in [0.717, 1.165) is 5.57 Å². The van der Waals surface area contributed by atoms with Crippen LogP contribution in [0.2, 0.25) is 0 Å². The van der Waals surface area contributed by atoms with Gasteiger partial charge in [0.25, 0.3) is 5.91 Å². The predicted octanol–water partition coefficient (Wildman–Crippen LogP) is 1.24. The molecule has 1 aromatic carbocycles. The summed E-state index contributed by atoms with van der Waals surface area (Å²) < 4.78 is 5.49. The Morgan fingerprint density at radius 1 is 1.50 bits per heavy atom. The second-order valence-corrected chi connectivity index (χ2v) is 5.88. The second-order valence-electron chi connectivity index (χ2n) is 5.88. The van der Waals surface area contributed by atoms with Crippen molar-refractivity contribution in [3.63, 3.8) is 0 Å². The van der Waals surface area contributed by atoms with Crippen molar-refractivity contribution in [1.29, 1.82) is 0 Å². The van der Waals surface area contributed by atoms with Crippen molar-refractivity contribution in [3.05, 3.63) is 47.2 Å². The minimum atomic E-state index is -0.545.